The Morgan fingerprint density at radius 2 is 1.74 bits per heavy atom. The van der Waals surface area contributed by atoms with Crippen molar-refractivity contribution in [1.29, 1.82) is 0 Å². The van der Waals surface area contributed by atoms with Crippen LogP contribution in [0.25, 0.3) is 0 Å². The summed E-state index contributed by atoms with van der Waals surface area (Å²) < 4.78 is 0. The van der Waals surface area contributed by atoms with Crippen molar-refractivity contribution in [3.8, 4) is 0 Å². The van der Waals surface area contributed by atoms with Gasteiger partial charge < -0.3 is 10.0 Å². The van der Waals surface area contributed by atoms with E-state index in [2.05, 4.69) is 17.5 Å². The molecule has 4 nitrogen and oxygen atoms in total. The summed E-state index contributed by atoms with van der Waals surface area (Å²) in [6.45, 7) is 1.05. The average Bonchev–Trinajstić information content (AvgIpc) is 3.21. The predicted octanol–water partition coefficient (Wildman–Crippen LogP) is 4.50. The summed E-state index contributed by atoms with van der Waals surface area (Å²) >= 11 is 1.79. The molecule has 1 aliphatic heterocycles. The highest BCUT2D eigenvalue weighted by Crippen LogP contribution is 2.36. The second kappa shape index (κ2) is 9.18. The molecule has 1 aromatic carbocycles. The van der Waals surface area contributed by atoms with Crippen LogP contribution in [0.4, 0.5) is 0 Å². The number of nitrogens with zero attached hydrogens (tertiary/aromatic N) is 1. The number of hydrogen-bond acceptors (Lipinski definition) is 3. The molecule has 0 atom stereocenters. The molecule has 0 saturated carbocycles. The van der Waals surface area contributed by atoms with Crippen molar-refractivity contribution in [1.82, 2.24) is 4.90 Å². The SMILES string of the molecule is O=C(CCCCCc1cccs1)N1CCC(C(=O)O)(c2ccccc2)CC1. The fourth-order valence-corrected chi connectivity index (χ4v) is 4.64. The molecular formula is C22H27NO3S. The number of piperidine rings is 1. The summed E-state index contributed by atoms with van der Waals surface area (Å²) in [4.78, 5) is 27.7. The first-order valence-electron chi connectivity index (χ1n) is 9.71. The Kier molecular flexibility index (Phi) is 6.67. The number of aryl methyl sites for hydroxylation is 1. The summed E-state index contributed by atoms with van der Waals surface area (Å²) in [6.07, 6.45) is 5.70. The number of carboxylic acids is 1. The number of thiophene rings is 1. The molecule has 0 spiro atoms. The minimum absolute atomic E-state index is 0.165. The Morgan fingerprint density at radius 1 is 1.00 bits per heavy atom. The lowest BCUT2D eigenvalue weighted by atomic mass is 9.73. The second-order valence-electron chi connectivity index (χ2n) is 7.27. The van der Waals surface area contributed by atoms with Crippen LogP contribution >= 0.6 is 11.3 Å². The first-order chi connectivity index (χ1) is 13.1. The highest BCUT2D eigenvalue weighted by molar-refractivity contribution is 7.09. The van der Waals surface area contributed by atoms with Crippen molar-refractivity contribution >= 4 is 23.2 Å². The zero-order valence-corrected chi connectivity index (χ0v) is 16.4. The minimum atomic E-state index is -0.862. The van der Waals surface area contributed by atoms with E-state index in [1.807, 2.05) is 35.2 Å². The Labute approximate surface area is 164 Å². The van der Waals surface area contributed by atoms with E-state index in [1.165, 1.54) is 4.88 Å². The van der Waals surface area contributed by atoms with Crippen LogP contribution in [-0.2, 0) is 21.4 Å². The van der Waals surface area contributed by atoms with Gasteiger partial charge in [0.2, 0.25) is 5.91 Å². The van der Waals surface area contributed by atoms with Crippen LogP contribution in [0.2, 0.25) is 0 Å². The van der Waals surface area contributed by atoms with Crippen molar-refractivity contribution in [2.75, 3.05) is 13.1 Å². The zero-order chi connectivity index (χ0) is 19.1. The Morgan fingerprint density at radius 3 is 2.37 bits per heavy atom. The second-order valence-corrected chi connectivity index (χ2v) is 8.31. The molecule has 5 heteroatoms. The van der Waals surface area contributed by atoms with E-state index in [1.54, 1.807) is 11.3 Å². The van der Waals surface area contributed by atoms with E-state index in [0.717, 1.165) is 31.2 Å². The molecule has 144 valence electrons. The molecule has 1 saturated heterocycles. The smallest absolute Gasteiger partial charge is 0.314 e. The van der Waals surface area contributed by atoms with Gasteiger partial charge in [-0.25, -0.2) is 0 Å². The monoisotopic (exact) mass is 385 g/mol. The number of benzene rings is 1. The van der Waals surface area contributed by atoms with Gasteiger partial charge in [0.15, 0.2) is 0 Å². The van der Waals surface area contributed by atoms with Gasteiger partial charge in [-0.15, -0.1) is 11.3 Å². The highest BCUT2D eigenvalue weighted by Gasteiger charge is 2.43. The molecule has 2 aromatic rings. The van der Waals surface area contributed by atoms with E-state index in [0.29, 0.717) is 32.4 Å². The summed E-state index contributed by atoms with van der Waals surface area (Å²) in [5.41, 5.74) is -0.0168. The number of carbonyl (C=O) groups excluding carboxylic acids is 1. The van der Waals surface area contributed by atoms with E-state index < -0.39 is 11.4 Å². The summed E-state index contributed by atoms with van der Waals surface area (Å²) in [7, 11) is 0. The highest BCUT2D eigenvalue weighted by atomic mass is 32.1. The van der Waals surface area contributed by atoms with E-state index in [-0.39, 0.29) is 5.91 Å². The molecule has 3 rings (SSSR count). The molecular weight excluding hydrogens is 358 g/mol. The van der Waals surface area contributed by atoms with Crippen molar-refractivity contribution in [3.05, 3.63) is 58.3 Å². The number of aliphatic carboxylic acids is 1. The van der Waals surface area contributed by atoms with Gasteiger partial charge in [-0.05, 0) is 49.1 Å². The maximum atomic E-state index is 12.5. The summed E-state index contributed by atoms with van der Waals surface area (Å²) in [5, 5.41) is 11.9. The Bertz CT molecular complexity index is 734. The quantitative estimate of drug-likeness (QED) is 0.681. The number of likely N-dealkylation sites (tertiary alicyclic amines) is 1. The topological polar surface area (TPSA) is 57.6 Å². The molecule has 1 amide bonds. The van der Waals surface area contributed by atoms with Gasteiger partial charge in [0, 0.05) is 24.4 Å². The molecule has 0 aliphatic carbocycles. The van der Waals surface area contributed by atoms with Crippen LogP contribution in [0.3, 0.4) is 0 Å². The number of unbranched alkanes of at least 4 members (excludes halogenated alkanes) is 2. The van der Waals surface area contributed by atoms with Crippen LogP contribution in [-0.4, -0.2) is 35.0 Å². The van der Waals surface area contributed by atoms with Gasteiger partial charge in [-0.3, -0.25) is 9.59 Å². The van der Waals surface area contributed by atoms with E-state index >= 15 is 0 Å². The summed E-state index contributed by atoms with van der Waals surface area (Å²) in [5.74, 6) is -0.618. The minimum Gasteiger partial charge on any atom is -0.481 e. The number of hydrogen-bond donors (Lipinski definition) is 1. The zero-order valence-electron chi connectivity index (χ0n) is 15.6. The first-order valence-corrected chi connectivity index (χ1v) is 10.6. The Balaban J connectivity index is 1.45. The van der Waals surface area contributed by atoms with E-state index in [9.17, 15) is 14.7 Å². The summed E-state index contributed by atoms with van der Waals surface area (Å²) in [6, 6.07) is 13.7. The maximum absolute atomic E-state index is 12.5. The number of rotatable bonds is 8. The average molecular weight is 386 g/mol. The third-order valence-electron chi connectivity index (χ3n) is 5.60. The molecule has 1 N–H and O–H groups in total. The molecule has 0 bridgehead atoms. The van der Waals surface area contributed by atoms with Crippen LogP contribution < -0.4 is 0 Å². The lowest BCUT2D eigenvalue weighted by molar-refractivity contribution is -0.148. The van der Waals surface area contributed by atoms with Crippen molar-refractivity contribution < 1.29 is 14.7 Å². The van der Waals surface area contributed by atoms with Crippen LogP contribution in [0, 0.1) is 0 Å². The third-order valence-corrected chi connectivity index (χ3v) is 6.54. The van der Waals surface area contributed by atoms with Gasteiger partial charge in [-0.2, -0.15) is 0 Å². The molecule has 1 fully saturated rings. The molecule has 27 heavy (non-hydrogen) atoms. The largest absolute Gasteiger partial charge is 0.481 e. The standard InChI is InChI=1S/C22H27NO3S/c24-20(12-6-2-5-10-19-11-7-17-27-19)23-15-13-22(14-16-23,21(25)26)18-8-3-1-4-9-18/h1,3-4,7-9,11,17H,2,5-6,10,12-16H2,(H,25,26). The van der Waals surface area contributed by atoms with Gasteiger partial charge in [-0.1, -0.05) is 42.8 Å². The normalized spacial score (nSPS) is 16.2. The van der Waals surface area contributed by atoms with Gasteiger partial charge >= 0.3 is 5.97 Å². The predicted molar refractivity (Wildman–Crippen MR) is 108 cm³/mol. The van der Waals surface area contributed by atoms with Gasteiger partial charge in [0.05, 0.1) is 5.41 Å². The lowest BCUT2D eigenvalue weighted by Crippen LogP contribution is -2.49. The van der Waals surface area contributed by atoms with Crippen LogP contribution in [0.1, 0.15) is 49.0 Å². The Hall–Kier alpha value is -2.14. The van der Waals surface area contributed by atoms with Crippen LogP contribution in [0.5, 0.6) is 0 Å². The molecule has 2 heterocycles. The molecule has 1 aliphatic rings. The number of carbonyl (C=O) groups is 2. The first kappa shape index (κ1) is 19.6. The van der Waals surface area contributed by atoms with Crippen molar-refractivity contribution in [3.63, 3.8) is 0 Å². The maximum Gasteiger partial charge on any atom is 0.314 e. The van der Waals surface area contributed by atoms with Crippen LogP contribution in [0.15, 0.2) is 47.8 Å². The van der Waals surface area contributed by atoms with Crippen molar-refractivity contribution in [2.24, 2.45) is 0 Å². The third kappa shape index (κ3) is 4.78. The van der Waals surface area contributed by atoms with Gasteiger partial charge in [0.1, 0.15) is 0 Å². The lowest BCUT2D eigenvalue weighted by Gasteiger charge is -2.39. The fraction of sp³-hybridized carbons (Fsp3) is 0.455. The number of carboxylic acid groups (broad SMARTS) is 1. The molecule has 0 unspecified atom stereocenters. The molecule has 0 radical (unpaired) electrons. The van der Waals surface area contributed by atoms with Crippen molar-refractivity contribution in [2.45, 2.75) is 50.4 Å². The number of amides is 1. The fourth-order valence-electron chi connectivity index (χ4n) is 3.89. The molecule has 1 aromatic heterocycles. The van der Waals surface area contributed by atoms with Gasteiger partial charge in [0.25, 0.3) is 0 Å². The van der Waals surface area contributed by atoms with E-state index in [4.69, 9.17) is 0 Å².